The van der Waals surface area contributed by atoms with Crippen molar-refractivity contribution in [2.75, 3.05) is 13.2 Å². The molecule has 1 aliphatic heterocycles. The maximum Gasteiger partial charge on any atom is 0.0576 e. The van der Waals surface area contributed by atoms with Gasteiger partial charge in [-0.25, -0.2) is 0 Å². The molecule has 0 radical (unpaired) electrons. The third kappa shape index (κ3) is 6.19. The second kappa shape index (κ2) is 8.55. The molecule has 1 heterocycles. The molecule has 0 spiro atoms. The first-order valence-corrected chi connectivity index (χ1v) is 8.54. The highest BCUT2D eigenvalue weighted by Gasteiger charge is 2.18. The van der Waals surface area contributed by atoms with Crippen LogP contribution in [-0.2, 0) is 11.2 Å². The van der Waals surface area contributed by atoms with Gasteiger partial charge >= 0.3 is 0 Å². The molecule has 118 valence electrons. The van der Waals surface area contributed by atoms with Gasteiger partial charge in [-0.2, -0.15) is 0 Å². The smallest absolute Gasteiger partial charge is 0.0576 e. The van der Waals surface area contributed by atoms with Crippen molar-refractivity contribution in [1.82, 2.24) is 5.32 Å². The van der Waals surface area contributed by atoms with Gasteiger partial charge in [0, 0.05) is 12.6 Å². The van der Waals surface area contributed by atoms with Gasteiger partial charge in [0.15, 0.2) is 0 Å². The molecule has 0 aromatic heterocycles. The van der Waals surface area contributed by atoms with Gasteiger partial charge in [-0.3, -0.25) is 0 Å². The zero-order valence-corrected chi connectivity index (χ0v) is 13.9. The van der Waals surface area contributed by atoms with Gasteiger partial charge < -0.3 is 10.1 Å². The third-order valence-corrected chi connectivity index (χ3v) is 4.38. The average Bonchev–Trinajstić information content (AvgIpc) is 2.97. The van der Waals surface area contributed by atoms with E-state index in [-0.39, 0.29) is 0 Å². The van der Waals surface area contributed by atoms with Crippen LogP contribution in [0, 0.1) is 12.8 Å². The second-order valence-electron chi connectivity index (χ2n) is 6.83. The number of nitrogens with one attached hydrogen (secondary N) is 1. The van der Waals surface area contributed by atoms with Gasteiger partial charge in [-0.1, -0.05) is 43.7 Å². The monoisotopic (exact) mass is 289 g/mol. The SMILES string of the molecule is Cc1ccc(CC(CCC2CCCO2)CNC(C)C)cc1. The van der Waals surface area contributed by atoms with Crippen molar-refractivity contribution in [2.24, 2.45) is 5.92 Å². The van der Waals surface area contributed by atoms with Crippen LogP contribution in [0.15, 0.2) is 24.3 Å². The van der Waals surface area contributed by atoms with E-state index < -0.39 is 0 Å². The van der Waals surface area contributed by atoms with Crippen molar-refractivity contribution in [1.29, 1.82) is 0 Å². The predicted molar refractivity (Wildman–Crippen MR) is 89.7 cm³/mol. The molecule has 1 N–H and O–H groups in total. The highest BCUT2D eigenvalue weighted by molar-refractivity contribution is 5.21. The number of ether oxygens (including phenoxy) is 1. The summed E-state index contributed by atoms with van der Waals surface area (Å²) in [7, 11) is 0. The first kappa shape index (κ1) is 16.5. The molecular formula is C19H31NO. The highest BCUT2D eigenvalue weighted by Crippen LogP contribution is 2.22. The average molecular weight is 289 g/mol. The normalized spacial score (nSPS) is 20.1. The Morgan fingerprint density at radius 2 is 2.00 bits per heavy atom. The Balaban J connectivity index is 1.85. The number of hydrogen-bond donors (Lipinski definition) is 1. The fraction of sp³-hybridized carbons (Fsp3) is 0.684. The zero-order valence-electron chi connectivity index (χ0n) is 13.9. The Labute approximate surface area is 130 Å². The Morgan fingerprint density at radius 1 is 1.24 bits per heavy atom. The van der Waals surface area contributed by atoms with Crippen LogP contribution in [-0.4, -0.2) is 25.3 Å². The lowest BCUT2D eigenvalue weighted by molar-refractivity contribution is 0.0978. The largest absolute Gasteiger partial charge is 0.378 e. The van der Waals surface area contributed by atoms with E-state index >= 15 is 0 Å². The highest BCUT2D eigenvalue weighted by atomic mass is 16.5. The fourth-order valence-electron chi connectivity index (χ4n) is 3.03. The summed E-state index contributed by atoms with van der Waals surface area (Å²) < 4.78 is 5.77. The summed E-state index contributed by atoms with van der Waals surface area (Å²) >= 11 is 0. The molecule has 2 atom stereocenters. The quantitative estimate of drug-likeness (QED) is 0.777. The third-order valence-electron chi connectivity index (χ3n) is 4.38. The Kier molecular flexibility index (Phi) is 6.72. The van der Waals surface area contributed by atoms with Crippen LogP contribution < -0.4 is 5.32 Å². The van der Waals surface area contributed by atoms with Crippen LogP contribution in [0.5, 0.6) is 0 Å². The van der Waals surface area contributed by atoms with Crippen molar-refractivity contribution >= 4 is 0 Å². The molecule has 2 nitrogen and oxygen atoms in total. The van der Waals surface area contributed by atoms with Crippen LogP contribution >= 0.6 is 0 Å². The van der Waals surface area contributed by atoms with Gasteiger partial charge in [-0.15, -0.1) is 0 Å². The molecule has 0 bridgehead atoms. The maximum atomic E-state index is 5.77. The van der Waals surface area contributed by atoms with E-state index in [0.29, 0.717) is 18.1 Å². The summed E-state index contributed by atoms with van der Waals surface area (Å²) in [6.45, 7) is 8.68. The van der Waals surface area contributed by atoms with Gasteiger partial charge in [-0.05, 0) is 57.1 Å². The van der Waals surface area contributed by atoms with Crippen molar-refractivity contribution in [2.45, 2.75) is 65.0 Å². The fourth-order valence-corrected chi connectivity index (χ4v) is 3.03. The van der Waals surface area contributed by atoms with E-state index in [2.05, 4.69) is 50.4 Å². The summed E-state index contributed by atoms with van der Waals surface area (Å²) in [5, 5.41) is 3.61. The summed E-state index contributed by atoms with van der Waals surface area (Å²) in [5.74, 6) is 0.708. The molecule has 21 heavy (non-hydrogen) atoms. The summed E-state index contributed by atoms with van der Waals surface area (Å²) in [6.07, 6.45) is 6.68. The number of rotatable bonds is 8. The molecule has 2 unspecified atom stereocenters. The molecule has 1 aliphatic rings. The van der Waals surface area contributed by atoms with Gasteiger partial charge in [0.2, 0.25) is 0 Å². The first-order valence-electron chi connectivity index (χ1n) is 8.54. The van der Waals surface area contributed by atoms with E-state index in [1.54, 1.807) is 0 Å². The topological polar surface area (TPSA) is 21.3 Å². The molecule has 1 aromatic rings. The first-order chi connectivity index (χ1) is 10.1. The standard InChI is InChI=1S/C19H31NO/c1-15(2)20-14-18(10-11-19-5-4-12-21-19)13-17-8-6-16(3)7-9-17/h6-9,15,18-20H,4-5,10-14H2,1-3H3. The number of hydrogen-bond acceptors (Lipinski definition) is 2. The summed E-state index contributed by atoms with van der Waals surface area (Å²) in [6, 6.07) is 9.58. The molecular weight excluding hydrogens is 258 g/mol. The van der Waals surface area contributed by atoms with E-state index in [1.165, 1.54) is 43.2 Å². The molecule has 0 saturated carbocycles. The van der Waals surface area contributed by atoms with Crippen LogP contribution in [0.2, 0.25) is 0 Å². The lowest BCUT2D eigenvalue weighted by Gasteiger charge is -2.21. The number of benzene rings is 1. The Morgan fingerprint density at radius 3 is 2.62 bits per heavy atom. The molecule has 2 rings (SSSR count). The van der Waals surface area contributed by atoms with Crippen LogP contribution in [0.1, 0.15) is 50.7 Å². The summed E-state index contributed by atoms with van der Waals surface area (Å²) in [4.78, 5) is 0. The van der Waals surface area contributed by atoms with Crippen LogP contribution in [0.3, 0.4) is 0 Å². The molecule has 1 aromatic carbocycles. The van der Waals surface area contributed by atoms with E-state index in [0.717, 1.165) is 13.2 Å². The predicted octanol–water partition coefficient (Wildman–Crippen LogP) is 4.11. The van der Waals surface area contributed by atoms with Crippen LogP contribution in [0.4, 0.5) is 0 Å². The minimum atomic E-state index is 0.518. The Hall–Kier alpha value is -0.860. The second-order valence-corrected chi connectivity index (χ2v) is 6.83. The summed E-state index contributed by atoms with van der Waals surface area (Å²) in [5.41, 5.74) is 2.80. The molecule has 1 saturated heterocycles. The lowest BCUT2D eigenvalue weighted by Crippen LogP contribution is -2.30. The lowest BCUT2D eigenvalue weighted by atomic mass is 9.92. The molecule has 1 fully saturated rings. The van der Waals surface area contributed by atoms with Crippen molar-refractivity contribution < 1.29 is 4.74 Å². The van der Waals surface area contributed by atoms with Crippen molar-refractivity contribution in [3.8, 4) is 0 Å². The van der Waals surface area contributed by atoms with E-state index in [4.69, 9.17) is 4.74 Å². The van der Waals surface area contributed by atoms with E-state index in [9.17, 15) is 0 Å². The van der Waals surface area contributed by atoms with Gasteiger partial charge in [0.1, 0.15) is 0 Å². The Bertz CT molecular complexity index is 393. The minimum absolute atomic E-state index is 0.518. The minimum Gasteiger partial charge on any atom is -0.378 e. The van der Waals surface area contributed by atoms with Crippen molar-refractivity contribution in [3.63, 3.8) is 0 Å². The maximum absolute atomic E-state index is 5.77. The molecule has 0 amide bonds. The van der Waals surface area contributed by atoms with Crippen molar-refractivity contribution in [3.05, 3.63) is 35.4 Å². The van der Waals surface area contributed by atoms with E-state index in [1.807, 2.05) is 0 Å². The van der Waals surface area contributed by atoms with Gasteiger partial charge in [0.25, 0.3) is 0 Å². The van der Waals surface area contributed by atoms with Gasteiger partial charge in [0.05, 0.1) is 6.10 Å². The zero-order chi connectivity index (χ0) is 15.1. The number of aryl methyl sites for hydroxylation is 1. The van der Waals surface area contributed by atoms with Crippen LogP contribution in [0.25, 0.3) is 0 Å². The molecule has 0 aliphatic carbocycles. The molecule has 2 heteroatoms.